The third-order valence-corrected chi connectivity index (χ3v) is 14.5. The Bertz CT molecular complexity index is 4390. The van der Waals surface area contributed by atoms with Gasteiger partial charge in [0.1, 0.15) is 0 Å². The van der Waals surface area contributed by atoms with Crippen LogP contribution in [0.2, 0.25) is 0 Å². The summed E-state index contributed by atoms with van der Waals surface area (Å²) in [5.41, 5.74) is 18.5. The summed E-state index contributed by atoms with van der Waals surface area (Å²) in [6.45, 7) is 0. The van der Waals surface area contributed by atoms with E-state index in [2.05, 4.69) is 240 Å². The third kappa shape index (κ3) is 5.31. The van der Waals surface area contributed by atoms with Crippen molar-refractivity contribution in [3.05, 3.63) is 231 Å². The second kappa shape index (κ2) is 14.2. The fourth-order valence-electron chi connectivity index (χ4n) is 11.4. The summed E-state index contributed by atoms with van der Waals surface area (Å²) in [6.07, 6.45) is 0. The summed E-state index contributed by atoms with van der Waals surface area (Å²) >= 11 is 0. The van der Waals surface area contributed by atoms with Crippen molar-refractivity contribution in [1.29, 1.82) is 0 Å². The molecule has 4 nitrogen and oxygen atoms in total. The molecule has 0 N–H and O–H groups in total. The second-order valence-corrected chi connectivity index (χ2v) is 18.1. The van der Waals surface area contributed by atoms with Crippen molar-refractivity contribution in [3.63, 3.8) is 0 Å². The number of hydrogen-bond acceptors (Lipinski definition) is 2. The van der Waals surface area contributed by atoms with Gasteiger partial charge in [0.25, 0.3) is 0 Å². The van der Waals surface area contributed by atoms with Crippen molar-refractivity contribution in [1.82, 2.24) is 19.1 Å². The van der Waals surface area contributed by atoms with Crippen LogP contribution in [0.4, 0.5) is 0 Å². The molecule has 1 aliphatic rings. The van der Waals surface area contributed by atoms with E-state index in [4.69, 9.17) is 9.97 Å². The zero-order valence-corrected chi connectivity index (χ0v) is 36.7. The van der Waals surface area contributed by atoms with Gasteiger partial charge in [-0.25, -0.2) is 9.97 Å². The maximum Gasteiger partial charge on any atom is 0.235 e. The van der Waals surface area contributed by atoms with Crippen molar-refractivity contribution in [2.24, 2.45) is 0 Å². The lowest BCUT2D eigenvalue weighted by molar-refractivity contribution is 1.01. The van der Waals surface area contributed by atoms with Gasteiger partial charge < -0.3 is 4.57 Å². The van der Waals surface area contributed by atoms with Crippen molar-refractivity contribution >= 4 is 76.1 Å². The molecule has 15 rings (SSSR count). The molecule has 0 saturated carbocycles. The first kappa shape index (κ1) is 37.1. The summed E-state index contributed by atoms with van der Waals surface area (Å²) in [7, 11) is 0. The maximum absolute atomic E-state index is 5.47. The van der Waals surface area contributed by atoms with Crippen LogP contribution < -0.4 is 0 Å². The van der Waals surface area contributed by atoms with Gasteiger partial charge in [-0.05, 0) is 121 Å². The molecule has 1 aliphatic carbocycles. The number of para-hydroxylation sites is 3. The Morgan fingerprint density at radius 3 is 1.68 bits per heavy atom. The summed E-state index contributed by atoms with van der Waals surface area (Å²) in [6, 6.07) is 83.8. The fourth-order valence-corrected chi connectivity index (χ4v) is 11.4. The lowest BCUT2D eigenvalue weighted by Gasteiger charge is -2.13. The Kier molecular flexibility index (Phi) is 7.75. The van der Waals surface area contributed by atoms with Gasteiger partial charge in [-0.1, -0.05) is 176 Å². The first-order chi connectivity index (χ1) is 33.7. The Labute approximate surface area is 391 Å². The lowest BCUT2D eigenvalue weighted by atomic mass is 9.93. The van der Waals surface area contributed by atoms with Gasteiger partial charge in [-0.15, -0.1) is 0 Å². The minimum absolute atomic E-state index is 0.649. The monoisotopic (exact) mass is 862 g/mol. The number of rotatable bonds is 5. The molecule has 0 saturated heterocycles. The highest BCUT2D eigenvalue weighted by Crippen LogP contribution is 2.49. The van der Waals surface area contributed by atoms with Gasteiger partial charge in [0, 0.05) is 38.2 Å². The summed E-state index contributed by atoms with van der Waals surface area (Å²) < 4.78 is 4.64. The van der Waals surface area contributed by atoms with E-state index < -0.39 is 0 Å². The molecule has 0 bridgehead atoms. The lowest BCUT2D eigenvalue weighted by Crippen LogP contribution is -2.03. The number of nitrogens with zero attached hydrogens (tertiary/aromatic N) is 4. The standard InChI is InChI=1S/C64H38N4/c1-2-14-44(15-3-1)67-59-35-31-43(38-55(59)62-46-16-5-4-13-39(46)29-36-60(62)67)42-30-34-58-54(37-42)49-19-9-11-24-57(49)68(58)64-65-56-23-10-8-20-53(56)63(66-64)41-27-25-40(26-28-41)45-32-33-52-48-18-7-6-17-47(48)51-22-12-21-50(45)61(51)52/h1-38H. The van der Waals surface area contributed by atoms with E-state index in [0.717, 1.165) is 55.2 Å². The van der Waals surface area contributed by atoms with Gasteiger partial charge in [0.15, 0.2) is 0 Å². The number of hydrogen-bond donors (Lipinski definition) is 0. The minimum Gasteiger partial charge on any atom is -0.309 e. The molecule has 0 aliphatic heterocycles. The summed E-state index contributed by atoms with van der Waals surface area (Å²) in [5, 5.41) is 11.0. The zero-order chi connectivity index (χ0) is 44.5. The molecule has 0 spiro atoms. The topological polar surface area (TPSA) is 35.6 Å². The van der Waals surface area contributed by atoms with Gasteiger partial charge >= 0.3 is 0 Å². The van der Waals surface area contributed by atoms with Crippen LogP contribution in [0.5, 0.6) is 0 Å². The smallest absolute Gasteiger partial charge is 0.235 e. The summed E-state index contributed by atoms with van der Waals surface area (Å²) in [4.78, 5) is 10.8. The fraction of sp³-hybridized carbons (Fsp3) is 0. The van der Waals surface area contributed by atoms with E-state index in [1.165, 1.54) is 82.3 Å². The van der Waals surface area contributed by atoms with Crippen LogP contribution in [0, 0.1) is 0 Å². The minimum atomic E-state index is 0.649. The van der Waals surface area contributed by atoms with Crippen molar-refractivity contribution in [2.45, 2.75) is 0 Å². The van der Waals surface area contributed by atoms with Gasteiger partial charge in [0.05, 0.1) is 33.3 Å². The van der Waals surface area contributed by atoms with Crippen LogP contribution in [0.15, 0.2) is 231 Å². The number of aromatic nitrogens is 4. The average Bonchev–Trinajstić information content (AvgIpc) is 4.05. The highest BCUT2D eigenvalue weighted by Gasteiger charge is 2.23. The Balaban J connectivity index is 0.866. The van der Waals surface area contributed by atoms with Crippen LogP contribution in [0.3, 0.4) is 0 Å². The molecule has 0 amide bonds. The molecule has 3 heterocycles. The van der Waals surface area contributed by atoms with E-state index in [9.17, 15) is 0 Å². The molecule has 314 valence electrons. The van der Waals surface area contributed by atoms with E-state index in [0.29, 0.717) is 5.95 Å². The molecule has 0 atom stereocenters. The van der Waals surface area contributed by atoms with Crippen LogP contribution in [0.25, 0.3) is 143 Å². The highest BCUT2D eigenvalue weighted by molar-refractivity contribution is 6.22. The van der Waals surface area contributed by atoms with Crippen LogP contribution in [-0.2, 0) is 0 Å². The maximum atomic E-state index is 5.47. The second-order valence-electron chi connectivity index (χ2n) is 18.1. The van der Waals surface area contributed by atoms with Crippen LogP contribution >= 0.6 is 0 Å². The predicted molar refractivity (Wildman–Crippen MR) is 284 cm³/mol. The molecule has 14 aromatic rings. The number of fused-ring (bicyclic) bond motifs is 12. The first-order valence-electron chi connectivity index (χ1n) is 23.3. The summed E-state index contributed by atoms with van der Waals surface area (Å²) in [5.74, 6) is 0.649. The molecule has 0 radical (unpaired) electrons. The Hall–Kier alpha value is -9.12. The molecule has 0 fully saturated rings. The molecule has 3 aromatic heterocycles. The quantitative estimate of drug-likeness (QED) is 0.173. The van der Waals surface area contributed by atoms with Gasteiger partial charge in [0.2, 0.25) is 5.95 Å². The first-order valence-corrected chi connectivity index (χ1v) is 23.3. The van der Waals surface area contributed by atoms with E-state index >= 15 is 0 Å². The molecular formula is C64H38N4. The average molecular weight is 863 g/mol. The highest BCUT2D eigenvalue weighted by atomic mass is 15.2. The molecule has 11 aromatic carbocycles. The Morgan fingerprint density at radius 1 is 0.279 bits per heavy atom. The van der Waals surface area contributed by atoms with Crippen LogP contribution in [-0.4, -0.2) is 19.1 Å². The molecule has 0 unspecified atom stereocenters. The van der Waals surface area contributed by atoms with Crippen molar-refractivity contribution in [3.8, 4) is 67.4 Å². The largest absolute Gasteiger partial charge is 0.309 e. The number of benzene rings is 11. The van der Waals surface area contributed by atoms with E-state index in [-0.39, 0.29) is 0 Å². The molecular weight excluding hydrogens is 825 g/mol. The zero-order valence-electron chi connectivity index (χ0n) is 36.7. The van der Waals surface area contributed by atoms with Crippen LogP contribution in [0.1, 0.15) is 0 Å². The third-order valence-electron chi connectivity index (χ3n) is 14.5. The van der Waals surface area contributed by atoms with Gasteiger partial charge in [-0.2, -0.15) is 0 Å². The predicted octanol–water partition coefficient (Wildman–Crippen LogP) is 16.8. The molecule has 4 heteroatoms. The van der Waals surface area contributed by atoms with E-state index in [1.807, 2.05) is 0 Å². The Morgan fingerprint density at radius 2 is 0.853 bits per heavy atom. The molecule has 68 heavy (non-hydrogen) atoms. The van der Waals surface area contributed by atoms with E-state index in [1.54, 1.807) is 0 Å². The van der Waals surface area contributed by atoms with Gasteiger partial charge in [-0.3, -0.25) is 4.57 Å². The SMILES string of the molecule is c1ccc(-n2c3ccc(-c4ccc5c(c4)c4ccccc4n5-c4nc(-c5ccc(-c6ccc7c8c(cccc68)-c6ccccc6-7)cc5)c5ccccc5n4)cc3c3c4ccccc4ccc32)cc1. The normalized spacial score (nSPS) is 12.1. The van der Waals surface area contributed by atoms with Crippen molar-refractivity contribution in [2.75, 3.05) is 0 Å². The van der Waals surface area contributed by atoms with Crippen molar-refractivity contribution < 1.29 is 0 Å².